The van der Waals surface area contributed by atoms with E-state index in [1.165, 1.54) is 0 Å². The molecule has 0 atom stereocenters. The number of anilines is 2. The van der Waals surface area contributed by atoms with E-state index >= 15 is 0 Å². The number of halogens is 1. The molecule has 182 valence electrons. The lowest BCUT2D eigenvalue weighted by Crippen LogP contribution is -2.27. The molecule has 1 N–H and O–H groups in total. The maximum absolute atomic E-state index is 6.45. The van der Waals surface area contributed by atoms with Gasteiger partial charge in [0.2, 0.25) is 11.8 Å². The van der Waals surface area contributed by atoms with E-state index in [1.54, 1.807) is 13.3 Å². The van der Waals surface area contributed by atoms with E-state index in [1.807, 2.05) is 49.4 Å². The highest BCUT2D eigenvalue weighted by atomic mass is 35.5. The van der Waals surface area contributed by atoms with Gasteiger partial charge in [0.1, 0.15) is 23.6 Å². The van der Waals surface area contributed by atoms with Crippen LogP contribution in [0.2, 0.25) is 5.02 Å². The molecule has 35 heavy (non-hydrogen) atoms. The van der Waals surface area contributed by atoms with E-state index in [0.29, 0.717) is 40.3 Å². The Morgan fingerprint density at radius 3 is 2.46 bits per heavy atom. The average Bonchev–Trinajstić information content (AvgIpc) is 2.87. The number of hydrogen-bond donors (Lipinski definition) is 1. The van der Waals surface area contributed by atoms with Crippen molar-refractivity contribution in [3.8, 4) is 22.9 Å². The summed E-state index contributed by atoms with van der Waals surface area (Å²) in [6, 6.07) is 13.4. The number of methoxy groups -OCH3 is 1. The zero-order valence-corrected chi connectivity index (χ0v) is 21.1. The highest BCUT2D eigenvalue weighted by molar-refractivity contribution is 6.33. The highest BCUT2D eigenvalue weighted by Gasteiger charge is 2.17. The molecular formula is C26H29ClN6O2. The summed E-state index contributed by atoms with van der Waals surface area (Å²) >= 11 is 6.45. The Labute approximate surface area is 210 Å². The molecule has 0 unspecified atom stereocenters. The van der Waals surface area contributed by atoms with Crippen molar-refractivity contribution in [2.45, 2.75) is 20.8 Å². The number of ether oxygens (including phenoxy) is 2. The second kappa shape index (κ2) is 11.3. The third-order valence-electron chi connectivity index (χ3n) is 5.73. The SMILES string of the molecule is CCN(CC)CCOc1ccc(Nc2ncc3nc(-c4c(C)cccc4Cl)c(OC)nc3n2)cc1. The van der Waals surface area contributed by atoms with E-state index in [2.05, 4.69) is 39.0 Å². The molecule has 0 aliphatic carbocycles. The number of nitrogens with zero attached hydrogens (tertiary/aromatic N) is 5. The minimum Gasteiger partial charge on any atom is -0.492 e. The van der Waals surface area contributed by atoms with Crippen LogP contribution in [0.15, 0.2) is 48.7 Å². The van der Waals surface area contributed by atoms with Gasteiger partial charge in [-0.3, -0.25) is 0 Å². The molecule has 0 aliphatic heterocycles. The van der Waals surface area contributed by atoms with Gasteiger partial charge in [0.25, 0.3) is 0 Å². The fourth-order valence-electron chi connectivity index (χ4n) is 3.74. The fourth-order valence-corrected chi connectivity index (χ4v) is 4.05. The predicted molar refractivity (Wildman–Crippen MR) is 140 cm³/mol. The Hall–Kier alpha value is -3.49. The van der Waals surface area contributed by atoms with Crippen LogP contribution in [0.5, 0.6) is 11.6 Å². The second-order valence-electron chi connectivity index (χ2n) is 7.94. The third-order valence-corrected chi connectivity index (χ3v) is 6.04. The molecule has 0 amide bonds. The quantitative estimate of drug-likeness (QED) is 0.309. The van der Waals surface area contributed by atoms with E-state index in [4.69, 9.17) is 26.1 Å². The smallest absolute Gasteiger partial charge is 0.242 e. The Bertz CT molecular complexity index is 1280. The van der Waals surface area contributed by atoms with Crippen LogP contribution < -0.4 is 14.8 Å². The number of likely N-dealkylation sites (N-methyl/N-ethyl adjacent to an activating group) is 1. The van der Waals surface area contributed by atoms with Crippen LogP contribution in [0.4, 0.5) is 11.6 Å². The van der Waals surface area contributed by atoms with Gasteiger partial charge in [0, 0.05) is 17.8 Å². The molecule has 0 saturated heterocycles. The molecule has 2 heterocycles. The summed E-state index contributed by atoms with van der Waals surface area (Å²) in [5, 5.41) is 3.78. The molecule has 9 heteroatoms. The molecule has 4 rings (SSSR count). The topological polar surface area (TPSA) is 85.3 Å². The monoisotopic (exact) mass is 492 g/mol. The molecule has 2 aromatic carbocycles. The van der Waals surface area contributed by atoms with E-state index in [-0.39, 0.29) is 0 Å². The van der Waals surface area contributed by atoms with Crippen LogP contribution in [0.25, 0.3) is 22.4 Å². The van der Waals surface area contributed by atoms with Gasteiger partial charge in [-0.25, -0.2) is 9.97 Å². The number of fused-ring (bicyclic) bond motifs is 1. The third kappa shape index (κ3) is 5.78. The van der Waals surface area contributed by atoms with Gasteiger partial charge in [0.05, 0.1) is 18.3 Å². The van der Waals surface area contributed by atoms with Gasteiger partial charge in [-0.15, -0.1) is 0 Å². The summed E-state index contributed by atoms with van der Waals surface area (Å²) in [5.41, 5.74) is 4.12. The lowest BCUT2D eigenvalue weighted by molar-refractivity contribution is 0.223. The first-order valence-corrected chi connectivity index (χ1v) is 12.0. The Morgan fingerprint density at radius 1 is 1.00 bits per heavy atom. The Kier molecular flexibility index (Phi) is 7.94. The molecule has 0 spiro atoms. The summed E-state index contributed by atoms with van der Waals surface area (Å²) in [7, 11) is 1.55. The van der Waals surface area contributed by atoms with Gasteiger partial charge in [-0.05, 0) is 55.9 Å². The van der Waals surface area contributed by atoms with Crippen LogP contribution in [0.1, 0.15) is 19.4 Å². The summed E-state index contributed by atoms with van der Waals surface area (Å²) in [5.74, 6) is 1.58. The van der Waals surface area contributed by atoms with E-state index < -0.39 is 0 Å². The van der Waals surface area contributed by atoms with Crippen LogP contribution in [-0.2, 0) is 0 Å². The van der Waals surface area contributed by atoms with Crippen molar-refractivity contribution in [3.05, 3.63) is 59.2 Å². The first kappa shape index (κ1) is 24.6. The van der Waals surface area contributed by atoms with Crippen LogP contribution in [0, 0.1) is 6.92 Å². The molecule has 0 radical (unpaired) electrons. The summed E-state index contributed by atoms with van der Waals surface area (Å²) in [6.07, 6.45) is 1.64. The zero-order valence-electron chi connectivity index (χ0n) is 20.4. The van der Waals surface area contributed by atoms with Gasteiger partial charge in [0.15, 0.2) is 5.65 Å². The minimum absolute atomic E-state index is 0.351. The highest BCUT2D eigenvalue weighted by Crippen LogP contribution is 2.35. The van der Waals surface area contributed by atoms with Crippen LogP contribution >= 0.6 is 11.6 Å². The first-order valence-electron chi connectivity index (χ1n) is 11.6. The molecule has 4 aromatic rings. The van der Waals surface area contributed by atoms with Gasteiger partial charge < -0.3 is 19.7 Å². The van der Waals surface area contributed by atoms with Crippen molar-refractivity contribution in [1.29, 1.82) is 0 Å². The summed E-state index contributed by atoms with van der Waals surface area (Å²) < 4.78 is 11.4. The Morgan fingerprint density at radius 2 is 1.77 bits per heavy atom. The largest absolute Gasteiger partial charge is 0.492 e. The predicted octanol–water partition coefficient (Wildman–Crippen LogP) is 5.52. The number of benzene rings is 2. The van der Waals surface area contributed by atoms with Crippen LogP contribution in [-0.4, -0.2) is 58.2 Å². The standard InChI is InChI=1S/C26H29ClN6O2/c1-5-33(6-2)14-15-35-19-12-10-18(11-13-19)29-26-28-16-21-24(32-26)31-25(34-4)23(30-21)22-17(3)8-7-9-20(22)27/h7-13,16H,5-6,14-15H2,1-4H3,(H,28,29,31,32). The maximum Gasteiger partial charge on any atom is 0.242 e. The lowest BCUT2D eigenvalue weighted by atomic mass is 10.1. The van der Waals surface area contributed by atoms with Gasteiger partial charge in [-0.2, -0.15) is 9.97 Å². The molecule has 0 bridgehead atoms. The van der Waals surface area contributed by atoms with Crippen molar-refractivity contribution in [2.75, 3.05) is 38.7 Å². The molecule has 0 saturated carbocycles. The van der Waals surface area contributed by atoms with E-state index in [9.17, 15) is 0 Å². The molecule has 0 fully saturated rings. The van der Waals surface area contributed by atoms with Crippen molar-refractivity contribution >= 4 is 34.4 Å². The number of aryl methyl sites for hydroxylation is 1. The number of aromatic nitrogens is 4. The van der Waals surface area contributed by atoms with Crippen molar-refractivity contribution in [2.24, 2.45) is 0 Å². The fraction of sp³-hybridized carbons (Fsp3) is 0.308. The lowest BCUT2D eigenvalue weighted by Gasteiger charge is -2.18. The first-order chi connectivity index (χ1) is 17.0. The summed E-state index contributed by atoms with van der Waals surface area (Å²) in [4.78, 5) is 20.5. The summed E-state index contributed by atoms with van der Waals surface area (Å²) in [6.45, 7) is 9.87. The molecule has 8 nitrogen and oxygen atoms in total. The van der Waals surface area contributed by atoms with Crippen LogP contribution in [0.3, 0.4) is 0 Å². The number of hydrogen-bond acceptors (Lipinski definition) is 8. The average molecular weight is 493 g/mol. The molecule has 0 aliphatic rings. The molecule has 2 aromatic heterocycles. The number of nitrogens with one attached hydrogen (secondary N) is 1. The van der Waals surface area contributed by atoms with Crippen molar-refractivity contribution in [3.63, 3.8) is 0 Å². The van der Waals surface area contributed by atoms with Gasteiger partial charge in [-0.1, -0.05) is 37.6 Å². The Balaban J connectivity index is 1.51. The van der Waals surface area contributed by atoms with Gasteiger partial charge >= 0.3 is 0 Å². The maximum atomic E-state index is 6.45. The van der Waals surface area contributed by atoms with Crippen molar-refractivity contribution in [1.82, 2.24) is 24.8 Å². The van der Waals surface area contributed by atoms with E-state index in [0.717, 1.165) is 42.2 Å². The zero-order chi connectivity index (χ0) is 24.8. The number of rotatable bonds is 10. The normalized spacial score (nSPS) is 11.1. The minimum atomic E-state index is 0.351. The molecular weight excluding hydrogens is 464 g/mol. The van der Waals surface area contributed by atoms with Crippen molar-refractivity contribution < 1.29 is 9.47 Å². The second-order valence-corrected chi connectivity index (χ2v) is 8.35.